The number of fused-ring (bicyclic) bond motifs is 2. The molecule has 0 bridgehead atoms. The van der Waals surface area contributed by atoms with Crippen LogP contribution in [-0.2, 0) is 0 Å². The number of hydrogen-bond acceptors (Lipinski definition) is 3. The van der Waals surface area contributed by atoms with Gasteiger partial charge in [-0.25, -0.2) is 0 Å². The standard InChI is InChI=1S/C23H15NO3/c1-2-14-8-3-4-9-15(14)23(27)24-19-13-7-12-18-20(19)22(26)17-11-6-5-10-16(17)21(18)25/h2-13H,1H2,(H,24,27). The highest BCUT2D eigenvalue weighted by atomic mass is 16.2. The summed E-state index contributed by atoms with van der Waals surface area (Å²) in [5.41, 5.74) is 2.72. The van der Waals surface area contributed by atoms with E-state index in [0.717, 1.165) is 0 Å². The van der Waals surface area contributed by atoms with Crippen LogP contribution < -0.4 is 5.32 Å². The molecule has 3 aromatic rings. The monoisotopic (exact) mass is 353 g/mol. The first-order chi connectivity index (χ1) is 13.1. The van der Waals surface area contributed by atoms with Crippen LogP contribution in [0.1, 0.15) is 47.8 Å². The van der Waals surface area contributed by atoms with Gasteiger partial charge in [0.05, 0.1) is 11.3 Å². The van der Waals surface area contributed by atoms with E-state index in [1.54, 1.807) is 66.7 Å². The number of carbonyl (C=O) groups excluding carboxylic acids is 3. The Hall–Kier alpha value is -3.79. The van der Waals surface area contributed by atoms with Crippen LogP contribution in [0.5, 0.6) is 0 Å². The Kier molecular flexibility index (Phi) is 4.01. The number of carbonyl (C=O) groups is 3. The van der Waals surface area contributed by atoms with Crippen molar-refractivity contribution in [2.75, 3.05) is 5.32 Å². The van der Waals surface area contributed by atoms with E-state index in [9.17, 15) is 14.4 Å². The number of hydrogen-bond donors (Lipinski definition) is 1. The molecule has 0 fully saturated rings. The summed E-state index contributed by atoms with van der Waals surface area (Å²) in [4.78, 5) is 38.5. The SMILES string of the molecule is C=Cc1ccccc1C(=O)Nc1cccc2c1C(=O)c1ccccc1C2=O. The summed E-state index contributed by atoms with van der Waals surface area (Å²) in [7, 11) is 0. The van der Waals surface area contributed by atoms with Crippen LogP contribution in [0.3, 0.4) is 0 Å². The van der Waals surface area contributed by atoms with E-state index in [0.29, 0.717) is 33.5 Å². The van der Waals surface area contributed by atoms with Crippen LogP contribution >= 0.6 is 0 Å². The molecule has 4 rings (SSSR count). The highest BCUT2D eigenvalue weighted by Crippen LogP contribution is 2.32. The third-order valence-corrected chi connectivity index (χ3v) is 4.63. The van der Waals surface area contributed by atoms with Crippen LogP contribution in [-0.4, -0.2) is 17.5 Å². The molecule has 0 saturated heterocycles. The zero-order valence-electron chi connectivity index (χ0n) is 14.4. The van der Waals surface area contributed by atoms with Gasteiger partial charge in [0.15, 0.2) is 11.6 Å². The molecule has 130 valence electrons. The molecule has 4 heteroatoms. The second kappa shape index (κ2) is 6.50. The van der Waals surface area contributed by atoms with Crippen molar-refractivity contribution >= 4 is 29.2 Å². The first-order valence-corrected chi connectivity index (χ1v) is 8.46. The summed E-state index contributed by atoms with van der Waals surface area (Å²) in [5.74, 6) is -0.853. The molecule has 0 unspecified atom stereocenters. The summed E-state index contributed by atoms with van der Waals surface area (Å²) in [6, 6.07) is 18.7. The maximum Gasteiger partial charge on any atom is 0.256 e. The molecular weight excluding hydrogens is 338 g/mol. The highest BCUT2D eigenvalue weighted by Gasteiger charge is 2.31. The summed E-state index contributed by atoms with van der Waals surface area (Å²) >= 11 is 0. The summed E-state index contributed by atoms with van der Waals surface area (Å²) in [6.07, 6.45) is 1.60. The van der Waals surface area contributed by atoms with Gasteiger partial charge in [-0.15, -0.1) is 0 Å². The number of ketones is 2. The van der Waals surface area contributed by atoms with Gasteiger partial charge < -0.3 is 5.32 Å². The zero-order valence-corrected chi connectivity index (χ0v) is 14.4. The van der Waals surface area contributed by atoms with Crippen LogP contribution in [0.25, 0.3) is 6.08 Å². The van der Waals surface area contributed by atoms with Crippen LogP contribution in [0.4, 0.5) is 5.69 Å². The van der Waals surface area contributed by atoms with Crippen molar-refractivity contribution in [3.63, 3.8) is 0 Å². The van der Waals surface area contributed by atoms with E-state index < -0.39 is 0 Å². The van der Waals surface area contributed by atoms with Gasteiger partial charge in [-0.2, -0.15) is 0 Å². The molecule has 1 N–H and O–H groups in total. The van der Waals surface area contributed by atoms with E-state index >= 15 is 0 Å². The minimum absolute atomic E-state index is 0.220. The predicted octanol–water partition coefficient (Wildman–Crippen LogP) is 4.36. The molecule has 1 aliphatic carbocycles. The lowest BCUT2D eigenvalue weighted by Gasteiger charge is -2.20. The van der Waals surface area contributed by atoms with Gasteiger partial charge in [0.2, 0.25) is 0 Å². The van der Waals surface area contributed by atoms with Gasteiger partial charge >= 0.3 is 0 Å². The maximum atomic E-state index is 13.0. The largest absolute Gasteiger partial charge is 0.321 e. The predicted molar refractivity (Wildman–Crippen MR) is 104 cm³/mol. The Morgan fingerprint density at radius 1 is 0.778 bits per heavy atom. The molecule has 1 amide bonds. The Morgan fingerprint density at radius 2 is 1.41 bits per heavy atom. The minimum Gasteiger partial charge on any atom is -0.321 e. The quantitative estimate of drug-likeness (QED) is 0.595. The fourth-order valence-electron chi connectivity index (χ4n) is 3.32. The minimum atomic E-state index is -0.363. The zero-order chi connectivity index (χ0) is 19.0. The van der Waals surface area contributed by atoms with E-state index in [4.69, 9.17) is 0 Å². The second-order valence-electron chi connectivity index (χ2n) is 6.18. The average Bonchev–Trinajstić information content (AvgIpc) is 2.71. The second-order valence-corrected chi connectivity index (χ2v) is 6.18. The van der Waals surface area contributed by atoms with E-state index in [-0.39, 0.29) is 23.0 Å². The molecule has 0 atom stereocenters. The molecule has 4 nitrogen and oxygen atoms in total. The summed E-state index contributed by atoms with van der Waals surface area (Å²) in [5, 5.41) is 2.78. The molecular formula is C23H15NO3. The molecule has 0 heterocycles. The maximum absolute atomic E-state index is 13.0. The normalized spacial score (nSPS) is 12.1. The number of anilines is 1. The number of benzene rings is 3. The molecule has 0 aliphatic heterocycles. The molecule has 0 aromatic heterocycles. The number of amides is 1. The first kappa shape index (κ1) is 16.7. The number of rotatable bonds is 3. The van der Waals surface area contributed by atoms with Crippen LogP contribution in [0.15, 0.2) is 73.3 Å². The molecule has 3 aromatic carbocycles. The summed E-state index contributed by atoms with van der Waals surface area (Å²) < 4.78 is 0. The van der Waals surface area contributed by atoms with Gasteiger partial charge in [-0.3, -0.25) is 14.4 Å². The molecule has 0 spiro atoms. The van der Waals surface area contributed by atoms with Crippen LogP contribution in [0.2, 0.25) is 0 Å². The molecule has 27 heavy (non-hydrogen) atoms. The number of nitrogens with one attached hydrogen (secondary N) is 1. The van der Waals surface area contributed by atoms with Gasteiger partial charge in [-0.1, -0.05) is 67.3 Å². The fourth-order valence-corrected chi connectivity index (χ4v) is 3.32. The van der Waals surface area contributed by atoms with Crippen molar-refractivity contribution in [1.82, 2.24) is 0 Å². The Morgan fingerprint density at radius 3 is 2.15 bits per heavy atom. The average molecular weight is 353 g/mol. The summed E-state index contributed by atoms with van der Waals surface area (Å²) in [6.45, 7) is 3.72. The van der Waals surface area contributed by atoms with Gasteiger partial charge in [0, 0.05) is 22.3 Å². The third-order valence-electron chi connectivity index (χ3n) is 4.63. The third kappa shape index (κ3) is 2.68. The highest BCUT2D eigenvalue weighted by molar-refractivity contribution is 6.30. The van der Waals surface area contributed by atoms with Crippen molar-refractivity contribution in [3.8, 4) is 0 Å². The van der Waals surface area contributed by atoms with Crippen LogP contribution in [0, 0.1) is 0 Å². The Labute approximate surface area is 156 Å². The molecule has 0 radical (unpaired) electrons. The Bertz CT molecular complexity index is 1130. The van der Waals surface area contributed by atoms with E-state index in [1.165, 1.54) is 0 Å². The fraction of sp³-hybridized carbons (Fsp3) is 0. The first-order valence-electron chi connectivity index (χ1n) is 8.46. The Balaban J connectivity index is 1.79. The van der Waals surface area contributed by atoms with E-state index in [2.05, 4.69) is 11.9 Å². The van der Waals surface area contributed by atoms with E-state index in [1.807, 2.05) is 6.07 Å². The van der Waals surface area contributed by atoms with Crippen molar-refractivity contribution < 1.29 is 14.4 Å². The van der Waals surface area contributed by atoms with Crippen molar-refractivity contribution in [2.24, 2.45) is 0 Å². The van der Waals surface area contributed by atoms with Crippen molar-refractivity contribution in [1.29, 1.82) is 0 Å². The molecule has 1 aliphatic rings. The lowest BCUT2D eigenvalue weighted by Crippen LogP contribution is -2.24. The lowest BCUT2D eigenvalue weighted by molar-refractivity contribution is 0.0978. The topological polar surface area (TPSA) is 63.2 Å². The van der Waals surface area contributed by atoms with Gasteiger partial charge in [-0.05, 0) is 17.7 Å². The van der Waals surface area contributed by atoms with Gasteiger partial charge in [0.25, 0.3) is 5.91 Å². The van der Waals surface area contributed by atoms with Crippen molar-refractivity contribution in [3.05, 3.63) is 107 Å². The lowest BCUT2D eigenvalue weighted by atomic mass is 9.83. The van der Waals surface area contributed by atoms with Gasteiger partial charge in [0.1, 0.15) is 0 Å². The molecule has 0 saturated carbocycles. The van der Waals surface area contributed by atoms with Crippen molar-refractivity contribution in [2.45, 2.75) is 0 Å². The smallest absolute Gasteiger partial charge is 0.256 e.